The Kier molecular flexibility index (Phi) is 4.67. The van der Waals surface area contributed by atoms with Crippen molar-refractivity contribution in [3.05, 3.63) is 29.3 Å². The summed E-state index contributed by atoms with van der Waals surface area (Å²) in [5.41, 5.74) is 2.98. The van der Waals surface area contributed by atoms with E-state index in [1.54, 1.807) is 0 Å². The number of hydrogen-bond acceptors (Lipinski definition) is 2. The smallest absolute Gasteiger partial charge is 0.119 e. The van der Waals surface area contributed by atoms with E-state index < -0.39 is 0 Å². The molecule has 0 spiro atoms. The molecule has 1 saturated carbocycles. The standard InChI is InChI=1S/C19H31NO/c1-18(2,3)14-11-15(19(4,5)6)13-17(12-14)21-10-9-20-16-7-8-16/h11-13,16,20H,7-10H2,1-6H3. The average molecular weight is 289 g/mol. The second kappa shape index (κ2) is 6.00. The maximum absolute atomic E-state index is 5.99. The molecule has 1 N–H and O–H groups in total. The van der Waals surface area contributed by atoms with Gasteiger partial charge in [0.05, 0.1) is 0 Å². The van der Waals surface area contributed by atoms with Crippen LogP contribution in [0.2, 0.25) is 0 Å². The van der Waals surface area contributed by atoms with E-state index in [-0.39, 0.29) is 10.8 Å². The SMILES string of the molecule is CC(C)(C)c1cc(OCCNC2CC2)cc(C(C)(C)C)c1. The van der Waals surface area contributed by atoms with Gasteiger partial charge in [-0.2, -0.15) is 0 Å². The molecule has 1 fully saturated rings. The van der Waals surface area contributed by atoms with E-state index in [0.717, 1.165) is 24.9 Å². The van der Waals surface area contributed by atoms with E-state index in [1.165, 1.54) is 24.0 Å². The summed E-state index contributed by atoms with van der Waals surface area (Å²) in [6.07, 6.45) is 2.65. The molecule has 2 rings (SSSR count). The van der Waals surface area contributed by atoms with Gasteiger partial charge in [-0.1, -0.05) is 47.6 Å². The van der Waals surface area contributed by atoms with Gasteiger partial charge in [0.1, 0.15) is 12.4 Å². The van der Waals surface area contributed by atoms with Crippen LogP contribution >= 0.6 is 0 Å². The van der Waals surface area contributed by atoms with Crippen molar-refractivity contribution in [2.75, 3.05) is 13.2 Å². The number of hydrogen-bond donors (Lipinski definition) is 1. The Morgan fingerprint density at radius 3 is 1.90 bits per heavy atom. The summed E-state index contributed by atoms with van der Waals surface area (Å²) in [4.78, 5) is 0. The van der Waals surface area contributed by atoms with Gasteiger partial charge in [0.2, 0.25) is 0 Å². The van der Waals surface area contributed by atoms with Crippen LogP contribution in [-0.4, -0.2) is 19.2 Å². The van der Waals surface area contributed by atoms with Crippen LogP contribution in [0.15, 0.2) is 18.2 Å². The van der Waals surface area contributed by atoms with E-state index in [9.17, 15) is 0 Å². The van der Waals surface area contributed by atoms with E-state index >= 15 is 0 Å². The van der Waals surface area contributed by atoms with Crippen LogP contribution in [0.5, 0.6) is 5.75 Å². The lowest BCUT2D eigenvalue weighted by molar-refractivity contribution is 0.311. The number of benzene rings is 1. The molecule has 0 bridgehead atoms. The molecular formula is C19H31NO. The van der Waals surface area contributed by atoms with Crippen LogP contribution in [0.4, 0.5) is 0 Å². The largest absolute Gasteiger partial charge is 0.492 e. The minimum Gasteiger partial charge on any atom is -0.492 e. The third-order valence-corrected chi connectivity index (χ3v) is 4.02. The molecule has 118 valence electrons. The maximum atomic E-state index is 5.99. The first-order valence-electron chi connectivity index (χ1n) is 8.18. The lowest BCUT2D eigenvalue weighted by Gasteiger charge is -2.26. The first-order chi connectivity index (χ1) is 9.66. The monoisotopic (exact) mass is 289 g/mol. The van der Waals surface area contributed by atoms with Gasteiger partial charge in [-0.25, -0.2) is 0 Å². The normalized spacial score (nSPS) is 16.1. The summed E-state index contributed by atoms with van der Waals surface area (Å²) >= 11 is 0. The number of rotatable bonds is 5. The molecule has 0 aromatic heterocycles. The van der Waals surface area contributed by atoms with Crippen LogP contribution in [0.25, 0.3) is 0 Å². The average Bonchev–Trinajstić information content (AvgIpc) is 3.16. The molecule has 0 saturated heterocycles. The van der Waals surface area contributed by atoms with Crippen molar-refractivity contribution >= 4 is 0 Å². The molecule has 2 nitrogen and oxygen atoms in total. The molecule has 2 heteroatoms. The molecule has 0 radical (unpaired) electrons. The highest BCUT2D eigenvalue weighted by molar-refractivity contribution is 5.40. The van der Waals surface area contributed by atoms with Crippen molar-refractivity contribution < 1.29 is 4.74 Å². The molecule has 0 unspecified atom stereocenters. The summed E-state index contributed by atoms with van der Waals surface area (Å²) in [6, 6.07) is 7.48. The topological polar surface area (TPSA) is 21.3 Å². The van der Waals surface area contributed by atoms with E-state index in [1.807, 2.05) is 0 Å². The molecule has 1 aromatic carbocycles. The molecule has 21 heavy (non-hydrogen) atoms. The molecule has 0 amide bonds. The van der Waals surface area contributed by atoms with E-state index in [0.29, 0.717) is 0 Å². The fourth-order valence-electron chi connectivity index (χ4n) is 2.27. The van der Waals surface area contributed by atoms with Gasteiger partial charge in [-0.3, -0.25) is 0 Å². The van der Waals surface area contributed by atoms with Crippen molar-refractivity contribution in [1.82, 2.24) is 5.32 Å². The van der Waals surface area contributed by atoms with Crippen LogP contribution in [0, 0.1) is 0 Å². The van der Waals surface area contributed by atoms with Gasteiger partial charge in [-0.15, -0.1) is 0 Å². The predicted molar refractivity (Wildman–Crippen MR) is 90.4 cm³/mol. The highest BCUT2D eigenvalue weighted by Gasteiger charge is 2.21. The third kappa shape index (κ3) is 5.03. The van der Waals surface area contributed by atoms with Crippen molar-refractivity contribution in [1.29, 1.82) is 0 Å². The van der Waals surface area contributed by atoms with Gasteiger partial charge >= 0.3 is 0 Å². The Bertz CT molecular complexity index is 443. The van der Waals surface area contributed by atoms with Crippen LogP contribution < -0.4 is 10.1 Å². The first-order valence-corrected chi connectivity index (χ1v) is 8.18. The number of nitrogens with one attached hydrogen (secondary N) is 1. The fourth-order valence-corrected chi connectivity index (χ4v) is 2.27. The van der Waals surface area contributed by atoms with Gasteiger partial charge in [-0.05, 0) is 46.9 Å². The van der Waals surface area contributed by atoms with Crippen LogP contribution in [-0.2, 0) is 10.8 Å². The van der Waals surface area contributed by atoms with Crippen molar-refractivity contribution in [3.63, 3.8) is 0 Å². The van der Waals surface area contributed by atoms with E-state index in [2.05, 4.69) is 65.1 Å². The first kappa shape index (κ1) is 16.4. The lowest BCUT2D eigenvalue weighted by atomic mass is 9.80. The van der Waals surface area contributed by atoms with Gasteiger partial charge in [0.15, 0.2) is 0 Å². The molecule has 1 aromatic rings. The molecule has 1 aliphatic carbocycles. The fraction of sp³-hybridized carbons (Fsp3) is 0.684. The Hall–Kier alpha value is -1.02. The van der Waals surface area contributed by atoms with Gasteiger partial charge in [0, 0.05) is 12.6 Å². The quantitative estimate of drug-likeness (QED) is 0.811. The predicted octanol–water partition coefficient (Wildman–Crippen LogP) is 4.41. The Morgan fingerprint density at radius 1 is 0.952 bits per heavy atom. The molecule has 0 aliphatic heterocycles. The highest BCUT2D eigenvalue weighted by atomic mass is 16.5. The van der Waals surface area contributed by atoms with Crippen molar-refractivity contribution in [2.24, 2.45) is 0 Å². The second-order valence-electron chi connectivity index (χ2n) is 8.32. The summed E-state index contributed by atoms with van der Waals surface area (Å²) in [7, 11) is 0. The summed E-state index contributed by atoms with van der Waals surface area (Å²) in [5, 5.41) is 3.49. The maximum Gasteiger partial charge on any atom is 0.119 e. The third-order valence-electron chi connectivity index (χ3n) is 4.02. The molecular weight excluding hydrogens is 258 g/mol. The number of ether oxygens (including phenoxy) is 1. The second-order valence-corrected chi connectivity index (χ2v) is 8.32. The summed E-state index contributed by atoms with van der Waals surface area (Å²) in [5.74, 6) is 1.00. The zero-order chi connectivity index (χ0) is 15.7. The van der Waals surface area contributed by atoms with Gasteiger partial charge < -0.3 is 10.1 Å². The summed E-state index contributed by atoms with van der Waals surface area (Å²) in [6.45, 7) is 15.2. The molecule has 1 aliphatic rings. The Morgan fingerprint density at radius 2 is 1.48 bits per heavy atom. The van der Waals surface area contributed by atoms with Crippen LogP contribution in [0.1, 0.15) is 65.5 Å². The zero-order valence-corrected chi connectivity index (χ0v) is 14.5. The minimum absolute atomic E-state index is 0.144. The summed E-state index contributed by atoms with van der Waals surface area (Å²) < 4.78 is 5.99. The van der Waals surface area contributed by atoms with Crippen molar-refractivity contribution in [3.8, 4) is 5.75 Å². The Labute approximate surface area is 130 Å². The molecule has 0 heterocycles. The van der Waals surface area contributed by atoms with Gasteiger partial charge in [0.25, 0.3) is 0 Å². The lowest BCUT2D eigenvalue weighted by Crippen LogP contribution is -2.23. The van der Waals surface area contributed by atoms with Crippen LogP contribution in [0.3, 0.4) is 0 Å². The van der Waals surface area contributed by atoms with E-state index in [4.69, 9.17) is 4.74 Å². The highest BCUT2D eigenvalue weighted by Crippen LogP contribution is 2.32. The molecule has 0 atom stereocenters. The zero-order valence-electron chi connectivity index (χ0n) is 14.5. The minimum atomic E-state index is 0.144. The van der Waals surface area contributed by atoms with Crippen molar-refractivity contribution in [2.45, 2.75) is 71.3 Å². The Balaban J connectivity index is 2.10.